The molecule has 0 radical (unpaired) electrons. The summed E-state index contributed by atoms with van der Waals surface area (Å²) in [5.41, 5.74) is 4.36. The topological polar surface area (TPSA) is 73.7 Å². The van der Waals surface area contributed by atoms with Crippen LogP contribution in [0.5, 0.6) is 5.75 Å². The molecule has 0 heterocycles. The second kappa shape index (κ2) is 10.8. The van der Waals surface area contributed by atoms with Crippen molar-refractivity contribution in [1.82, 2.24) is 5.32 Å². The van der Waals surface area contributed by atoms with E-state index in [0.717, 1.165) is 23.4 Å². The standard InChI is InChI=1S/C24H22BrN3O2S/c1-2-22(29)28-24(31)27-20-10-8-19(9-11-20)26-15-18-13-17(14-21(25)23(18)30)12-16-6-4-3-5-7-16/h3-11,13-15,30H,2,12H2,1H3,(H2,27,28,29,31). The molecule has 0 unspecified atom stereocenters. The van der Waals surface area contributed by atoms with Gasteiger partial charge in [-0.05, 0) is 82.1 Å². The molecule has 3 aromatic rings. The molecule has 3 N–H and O–H groups in total. The zero-order chi connectivity index (χ0) is 22.2. The molecule has 3 aromatic carbocycles. The van der Waals surface area contributed by atoms with E-state index in [0.29, 0.717) is 16.5 Å². The molecular weight excluding hydrogens is 474 g/mol. The van der Waals surface area contributed by atoms with Crippen LogP contribution in [-0.4, -0.2) is 22.3 Å². The van der Waals surface area contributed by atoms with Gasteiger partial charge in [0.25, 0.3) is 0 Å². The number of rotatable bonds is 6. The Kier molecular flexibility index (Phi) is 7.92. The van der Waals surface area contributed by atoms with E-state index < -0.39 is 0 Å². The number of hydrogen-bond donors (Lipinski definition) is 3. The van der Waals surface area contributed by atoms with E-state index in [2.05, 4.69) is 43.7 Å². The highest BCUT2D eigenvalue weighted by atomic mass is 79.9. The number of anilines is 1. The summed E-state index contributed by atoms with van der Waals surface area (Å²) in [5.74, 6) is 0.00930. The molecule has 0 aliphatic heterocycles. The third kappa shape index (κ3) is 6.73. The maximum absolute atomic E-state index is 11.4. The molecule has 0 fully saturated rings. The number of carbonyl (C=O) groups excluding carboxylic acids is 1. The molecular formula is C24H22BrN3O2S. The fourth-order valence-electron chi connectivity index (χ4n) is 2.86. The number of phenolic OH excluding ortho intramolecular Hbond substituents is 1. The Hall–Kier alpha value is -3.03. The first-order chi connectivity index (χ1) is 14.9. The molecule has 0 bridgehead atoms. The second-order valence-electron chi connectivity index (χ2n) is 6.84. The van der Waals surface area contributed by atoms with Crippen LogP contribution in [0.1, 0.15) is 30.0 Å². The molecule has 0 saturated heterocycles. The molecule has 31 heavy (non-hydrogen) atoms. The van der Waals surface area contributed by atoms with E-state index in [1.165, 1.54) is 5.56 Å². The minimum atomic E-state index is -0.140. The summed E-state index contributed by atoms with van der Waals surface area (Å²) in [6, 6.07) is 21.3. The Morgan fingerprint density at radius 2 is 1.81 bits per heavy atom. The van der Waals surface area contributed by atoms with Gasteiger partial charge in [-0.2, -0.15) is 0 Å². The Morgan fingerprint density at radius 3 is 2.48 bits per heavy atom. The van der Waals surface area contributed by atoms with Crippen molar-refractivity contribution in [3.63, 3.8) is 0 Å². The van der Waals surface area contributed by atoms with Gasteiger partial charge in [-0.25, -0.2) is 0 Å². The van der Waals surface area contributed by atoms with E-state index in [1.807, 2.05) is 54.6 Å². The van der Waals surface area contributed by atoms with Crippen molar-refractivity contribution in [3.8, 4) is 5.75 Å². The number of thiocarbonyl (C=S) groups is 1. The molecule has 3 rings (SSSR count). The Bertz CT molecular complexity index is 1100. The highest BCUT2D eigenvalue weighted by molar-refractivity contribution is 9.10. The van der Waals surface area contributed by atoms with Crippen LogP contribution < -0.4 is 10.6 Å². The summed E-state index contributed by atoms with van der Waals surface area (Å²) in [6.45, 7) is 1.76. The van der Waals surface area contributed by atoms with Gasteiger partial charge < -0.3 is 15.7 Å². The third-order valence-electron chi connectivity index (χ3n) is 4.46. The zero-order valence-corrected chi connectivity index (χ0v) is 19.3. The average Bonchev–Trinajstić information content (AvgIpc) is 2.76. The van der Waals surface area contributed by atoms with E-state index in [4.69, 9.17) is 12.2 Å². The van der Waals surface area contributed by atoms with E-state index >= 15 is 0 Å². The van der Waals surface area contributed by atoms with Crippen molar-refractivity contribution in [3.05, 3.63) is 87.9 Å². The Balaban J connectivity index is 1.71. The number of aliphatic imine (C=N–C) groups is 1. The van der Waals surface area contributed by atoms with Crippen LogP contribution in [-0.2, 0) is 11.2 Å². The summed E-state index contributed by atoms with van der Waals surface area (Å²) < 4.78 is 0.629. The third-order valence-corrected chi connectivity index (χ3v) is 5.26. The number of benzene rings is 3. The molecule has 0 aliphatic rings. The molecule has 0 aliphatic carbocycles. The smallest absolute Gasteiger partial charge is 0.225 e. The fourth-order valence-corrected chi connectivity index (χ4v) is 3.62. The van der Waals surface area contributed by atoms with Gasteiger partial charge in [0.05, 0.1) is 10.2 Å². The lowest BCUT2D eigenvalue weighted by molar-refractivity contribution is -0.119. The molecule has 0 atom stereocenters. The Morgan fingerprint density at radius 1 is 1.10 bits per heavy atom. The van der Waals surface area contributed by atoms with Crippen LogP contribution in [0.2, 0.25) is 0 Å². The highest BCUT2D eigenvalue weighted by Gasteiger charge is 2.08. The predicted octanol–water partition coefficient (Wildman–Crippen LogP) is 5.72. The maximum Gasteiger partial charge on any atom is 0.225 e. The Labute approximate surface area is 195 Å². The zero-order valence-electron chi connectivity index (χ0n) is 16.9. The minimum absolute atomic E-state index is 0.140. The van der Waals surface area contributed by atoms with Crippen molar-refractivity contribution >= 4 is 56.8 Å². The van der Waals surface area contributed by atoms with Gasteiger partial charge in [-0.15, -0.1) is 0 Å². The minimum Gasteiger partial charge on any atom is -0.506 e. The summed E-state index contributed by atoms with van der Waals surface area (Å²) in [6.07, 6.45) is 2.77. The van der Waals surface area contributed by atoms with Gasteiger partial charge in [0, 0.05) is 23.9 Å². The molecule has 7 heteroatoms. The number of halogens is 1. The normalized spacial score (nSPS) is 10.8. The SMILES string of the molecule is CCC(=O)NC(=S)Nc1ccc(N=Cc2cc(Cc3ccccc3)cc(Br)c2O)cc1. The van der Waals surface area contributed by atoms with Crippen LogP contribution >= 0.6 is 28.1 Å². The molecule has 158 valence electrons. The van der Waals surface area contributed by atoms with Gasteiger partial charge in [0.15, 0.2) is 5.11 Å². The lowest BCUT2D eigenvalue weighted by atomic mass is 10.0. The van der Waals surface area contributed by atoms with Crippen LogP contribution in [0.3, 0.4) is 0 Å². The molecule has 0 spiro atoms. The van der Waals surface area contributed by atoms with Crippen LogP contribution in [0.15, 0.2) is 76.2 Å². The van der Waals surface area contributed by atoms with Gasteiger partial charge in [0.1, 0.15) is 5.75 Å². The monoisotopic (exact) mass is 495 g/mol. The van der Waals surface area contributed by atoms with Gasteiger partial charge in [-0.1, -0.05) is 37.3 Å². The highest BCUT2D eigenvalue weighted by Crippen LogP contribution is 2.30. The van der Waals surface area contributed by atoms with E-state index in [9.17, 15) is 9.90 Å². The summed E-state index contributed by atoms with van der Waals surface area (Å²) in [5, 5.41) is 16.2. The first-order valence-electron chi connectivity index (χ1n) is 9.75. The summed E-state index contributed by atoms with van der Waals surface area (Å²) in [7, 11) is 0. The summed E-state index contributed by atoms with van der Waals surface area (Å²) >= 11 is 8.54. The lowest BCUT2D eigenvalue weighted by Crippen LogP contribution is -2.33. The van der Waals surface area contributed by atoms with Crippen molar-refractivity contribution in [2.45, 2.75) is 19.8 Å². The van der Waals surface area contributed by atoms with Crippen LogP contribution in [0.4, 0.5) is 11.4 Å². The number of aromatic hydroxyl groups is 1. The number of carbonyl (C=O) groups is 1. The van der Waals surface area contributed by atoms with Crippen molar-refractivity contribution in [2.75, 3.05) is 5.32 Å². The molecule has 1 amide bonds. The molecule has 5 nitrogen and oxygen atoms in total. The average molecular weight is 496 g/mol. The van der Waals surface area contributed by atoms with Gasteiger partial charge in [0.2, 0.25) is 5.91 Å². The predicted molar refractivity (Wildman–Crippen MR) is 133 cm³/mol. The van der Waals surface area contributed by atoms with Crippen LogP contribution in [0.25, 0.3) is 0 Å². The first kappa shape index (κ1) is 22.7. The maximum atomic E-state index is 11.4. The molecule has 0 aromatic heterocycles. The van der Waals surface area contributed by atoms with Crippen molar-refractivity contribution < 1.29 is 9.90 Å². The molecule has 0 saturated carbocycles. The quantitative estimate of drug-likeness (QED) is 0.302. The van der Waals surface area contributed by atoms with E-state index in [1.54, 1.807) is 13.1 Å². The first-order valence-corrected chi connectivity index (χ1v) is 10.9. The number of amides is 1. The largest absolute Gasteiger partial charge is 0.506 e. The number of nitrogens with one attached hydrogen (secondary N) is 2. The van der Waals surface area contributed by atoms with Crippen molar-refractivity contribution in [1.29, 1.82) is 0 Å². The summed E-state index contributed by atoms with van der Waals surface area (Å²) in [4.78, 5) is 15.9. The number of nitrogens with zero attached hydrogens (tertiary/aromatic N) is 1. The van der Waals surface area contributed by atoms with Gasteiger partial charge in [-0.3, -0.25) is 9.79 Å². The van der Waals surface area contributed by atoms with Gasteiger partial charge >= 0.3 is 0 Å². The second-order valence-corrected chi connectivity index (χ2v) is 8.10. The van der Waals surface area contributed by atoms with E-state index in [-0.39, 0.29) is 16.8 Å². The fraction of sp³-hybridized carbons (Fsp3) is 0.125. The lowest BCUT2D eigenvalue weighted by Gasteiger charge is -2.09. The number of hydrogen-bond acceptors (Lipinski definition) is 4. The van der Waals surface area contributed by atoms with Crippen molar-refractivity contribution in [2.24, 2.45) is 4.99 Å². The number of phenols is 1. The van der Waals surface area contributed by atoms with Crippen LogP contribution in [0, 0.1) is 0 Å².